The third-order valence-corrected chi connectivity index (χ3v) is 3.29. The molecule has 2 heteroatoms. The van der Waals surface area contributed by atoms with Gasteiger partial charge in [0, 0.05) is 23.5 Å². The quantitative estimate of drug-likeness (QED) is 0.882. The largest absolute Gasteiger partial charge is 0.314 e. The standard InChI is InChI=1S/C17H22N2/c1-4-18-14(3)11-15-6-9-16(10-7-15)17-8-5-13(2)19-12-17/h5-10,12,14,18H,4,11H2,1-3H3. The van der Waals surface area contributed by atoms with Crippen LogP contribution in [-0.2, 0) is 6.42 Å². The van der Waals surface area contributed by atoms with Crippen molar-refractivity contribution in [2.45, 2.75) is 33.2 Å². The van der Waals surface area contributed by atoms with E-state index in [1.807, 2.05) is 13.1 Å². The van der Waals surface area contributed by atoms with Crippen LogP contribution in [0.5, 0.6) is 0 Å². The number of nitrogens with one attached hydrogen (secondary N) is 1. The Balaban J connectivity index is 2.08. The van der Waals surface area contributed by atoms with E-state index in [0.29, 0.717) is 6.04 Å². The summed E-state index contributed by atoms with van der Waals surface area (Å²) < 4.78 is 0. The molecule has 2 nitrogen and oxygen atoms in total. The maximum absolute atomic E-state index is 4.34. The average molecular weight is 254 g/mol. The zero-order valence-corrected chi connectivity index (χ0v) is 12.0. The van der Waals surface area contributed by atoms with Crippen LogP contribution in [0.4, 0.5) is 0 Å². The number of aromatic nitrogens is 1. The molecule has 1 unspecified atom stereocenters. The van der Waals surface area contributed by atoms with E-state index in [1.54, 1.807) is 0 Å². The first kappa shape index (κ1) is 13.8. The first-order valence-corrected chi connectivity index (χ1v) is 6.94. The summed E-state index contributed by atoms with van der Waals surface area (Å²) in [6.45, 7) is 7.40. The van der Waals surface area contributed by atoms with Crippen molar-refractivity contribution in [1.82, 2.24) is 10.3 Å². The fourth-order valence-corrected chi connectivity index (χ4v) is 2.25. The van der Waals surface area contributed by atoms with Crippen LogP contribution < -0.4 is 5.32 Å². The summed E-state index contributed by atoms with van der Waals surface area (Å²) in [5.74, 6) is 0. The van der Waals surface area contributed by atoms with Crippen molar-refractivity contribution >= 4 is 0 Å². The van der Waals surface area contributed by atoms with Crippen molar-refractivity contribution in [3.63, 3.8) is 0 Å². The van der Waals surface area contributed by atoms with Crippen LogP contribution in [0.1, 0.15) is 25.1 Å². The average Bonchev–Trinajstić information content (AvgIpc) is 2.41. The predicted molar refractivity (Wildman–Crippen MR) is 81.3 cm³/mol. The van der Waals surface area contributed by atoms with Gasteiger partial charge in [-0.15, -0.1) is 0 Å². The highest BCUT2D eigenvalue weighted by Gasteiger charge is 2.03. The van der Waals surface area contributed by atoms with E-state index < -0.39 is 0 Å². The molecule has 0 aliphatic rings. The van der Waals surface area contributed by atoms with Gasteiger partial charge in [0.25, 0.3) is 0 Å². The molecule has 1 aromatic heterocycles. The van der Waals surface area contributed by atoms with Crippen LogP contribution in [0.2, 0.25) is 0 Å². The third kappa shape index (κ3) is 3.90. The smallest absolute Gasteiger partial charge is 0.0373 e. The van der Waals surface area contributed by atoms with Crippen molar-refractivity contribution < 1.29 is 0 Å². The monoisotopic (exact) mass is 254 g/mol. The van der Waals surface area contributed by atoms with Gasteiger partial charge in [-0.05, 0) is 44.0 Å². The molecular weight excluding hydrogens is 232 g/mol. The Hall–Kier alpha value is -1.67. The molecule has 100 valence electrons. The Morgan fingerprint density at radius 3 is 2.32 bits per heavy atom. The minimum atomic E-state index is 0.525. The second-order valence-corrected chi connectivity index (χ2v) is 5.05. The van der Waals surface area contributed by atoms with E-state index in [1.165, 1.54) is 16.7 Å². The number of likely N-dealkylation sites (N-methyl/N-ethyl adjacent to an activating group) is 1. The molecule has 2 rings (SSSR count). The number of hydrogen-bond donors (Lipinski definition) is 1. The van der Waals surface area contributed by atoms with Crippen LogP contribution in [-0.4, -0.2) is 17.6 Å². The molecule has 0 aliphatic carbocycles. The fourth-order valence-electron chi connectivity index (χ4n) is 2.25. The predicted octanol–water partition coefficient (Wildman–Crippen LogP) is 3.60. The molecule has 2 aromatic rings. The lowest BCUT2D eigenvalue weighted by Crippen LogP contribution is -2.27. The maximum atomic E-state index is 4.34. The lowest BCUT2D eigenvalue weighted by atomic mass is 10.0. The van der Waals surface area contributed by atoms with Gasteiger partial charge in [-0.25, -0.2) is 0 Å². The first-order chi connectivity index (χ1) is 9.19. The molecule has 1 atom stereocenters. The van der Waals surface area contributed by atoms with E-state index in [-0.39, 0.29) is 0 Å². The molecule has 0 radical (unpaired) electrons. The topological polar surface area (TPSA) is 24.9 Å². The highest BCUT2D eigenvalue weighted by molar-refractivity contribution is 5.62. The molecular formula is C17H22N2. The lowest BCUT2D eigenvalue weighted by Gasteiger charge is -2.12. The van der Waals surface area contributed by atoms with Crippen LogP contribution in [0.15, 0.2) is 42.6 Å². The van der Waals surface area contributed by atoms with Crippen LogP contribution >= 0.6 is 0 Å². The summed E-state index contributed by atoms with van der Waals surface area (Å²) in [7, 11) is 0. The second kappa shape index (κ2) is 6.48. The number of benzene rings is 1. The molecule has 1 N–H and O–H groups in total. The highest BCUT2D eigenvalue weighted by Crippen LogP contribution is 2.19. The molecule has 0 bridgehead atoms. The van der Waals surface area contributed by atoms with Crippen molar-refractivity contribution in [2.24, 2.45) is 0 Å². The van der Waals surface area contributed by atoms with Gasteiger partial charge in [0.1, 0.15) is 0 Å². The van der Waals surface area contributed by atoms with Crippen molar-refractivity contribution in [3.05, 3.63) is 53.9 Å². The maximum Gasteiger partial charge on any atom is 0.0373 e. The van der Waals surface area contributed by atoms with Gasteiger partial charge in [-0.1, -0.05) is 37.3 Å². The number of aryl methyl sites for hydroxylation is 1. The summed E-state index contributed by atoms with van der Waals surface area (Å²) >= 11 is 0. The molecule has 0 amide bonds. The summed E-state index contributed by atoms with van der Waals surface area (Å²) in [6, 6.07) is 13.5. The van der Waals surface area contributed by atoms with Gasteiger partial charge >= 0.3 is 0 Å². The zero-order chi connectivity index (χ0) is 13.7. The van der Waals surface area contributed by atoms with E-state index in [2.05, 4.69) is 60.5 Å². The number of rotatable bonds is 5. The van der Waals surface area contributed by atoms with Crippen LogP contribution in [0.25, 0.3) is 11.1 Å². The SMILES string of the molecule is CCNC(C)Cc1ccc(-c2ccc(C)nc2)cc1. The minimum absolute atomic E-state index is 0.525. The summed E-state index contributed by atoms with van der Waals surface area (Å²) in [5, 5.41) is 3.44. The molecule has 0 aliphatic heterocycles. The molecule has 1 aromatic carbocycles. The van der Waals surface area contributed by atoms with Crippen LogP contribution in [0.3, 0.4) is 0 Å². The van der Waals surface area contributed by atoms with E-state index in [4.69, 9.17) is 0 Å². The summed E-state index contributed by atoms with van der Waals surface area (Å²) in [5.41, 5.74) is 4.83. The molecule has 0 saturated heterocycles. The Morgan fingerprint density at radius 2 is 1.74 bits per heavy atom. The second-order valence-electron chi connectivity index (χ2n) is 5.05. The number of hydrogen-bond acceptors (Lipinski definition) is 2. The van der Waals surface area contributed by atoms with E-state index in [9.17, 15) is 0 Å². The highest BCUT2D eigenvalue weighted by atomic mass is 14.9. The Bertz CT molecular complexity index is 500. The van der Waals surface area contributed by atoms with E-state index >= 15 is 0 Å². The van der Waals surface area contributed by atoms with E-state index in [0.717, 1.165) is 18.7 Å². The molecule has 0 saturated carbocycles. The van der Waals surface area contributed by atoms with Crippen LogP contribution in [0, 0.1) is 6.92 Å². The van der Waals surface area contributed by atoms with Gasteiger partial charge in [-0.2, -0.15) is 0 Å². The fraction of sp³-hybridized carbons (Fsp3) is 0.353. The Morgan fingerprint density at radius 1 is 1.05 bits per heavy atom. The summed E-state index contributed by atoms with van der Waals surface area (Å²) in [4.78, 5) is 4.34. The normalized spacial score (nSPS) is 12.4. The van der Waals surface area contributed by atoms with Gasteiger partial charge in [0.2, 0.25) is 0 Å². The van der Waals surface area contributed by atoms with Gasteiger partial charge in [0.15, 0.2) is 0 Å². The van der Waals surface area contributed by atoms with Crippen molar-refractivity contribution in [3.8, 4) is 11.1 Å². The molecule has 1 heterocycles. The Kier molecular flexibility index (Phi) is 4.69. The summed E-state index contributed by atoms with van der Waals surface area (Å²) in [6.07, 6.45) is 3.01. The first-order valence-electron chi connectivity index (χ1n) is 6.94. The molecule has 0 spiro atoms. The third-order valence-electron chi connectivity index (χ3n) is 3.29. The van der Waals surface area contributed by atoms with Crippen molar-refractivity contribution in [1.29, 1.82) is 0 Å². The van der Waals surface area contributed by atoms with Gasteiger partial charge < -0.3 is 5.32 Å². The molecule has 19 heavy (non-hydrogen) atoms. The zero-order valence-electron chi connectivity index (χ0n) is 12.0. The Labute approximate surface area is 115 Å². The minimum Gasteiger partial charge on any atom is -0.314 e. The lowest BCUT2D eigenvalue weighted by molar-refractivity contribution is 0.565. The number of pyridine rings is 1. The molecule has 0 fully saturated rings. The van der Waals surface area contributed by atoms with Gasteiger partial charge in [0.05, 0.1) is 0 Å². The number of nitrogens with zero attached hydrogens (tertiary/aromatic N) is 1. The van der Waals surface area contributed by atoms with Gasteiger partial charge in [-0.3, -0.25) is 4.98 Å². The van der Waals surface area contributed by atoms with Crippen molar-refractivity contribution in [2.75, 3.05) is 6.54 Å².